The van der Waals surface area contributed by atoms with Gasteiger partial charge in [-0.15, -0.1) is 0 Å². The zero-order valence-corrected chi connectivity index (χ0v) is 15.2. The van der Waals surface area contributed by atoms with Crippen LogP contribution in [0.25, 0.3) is 11.0 Å². The fraction of sp³-hybridized carbons (Fsp3) is 0.421. The topological polar surface area (TPSA) is 78.8 Å². The number of nitrogens with one attached hydrogen (secondary N) is 2. The Labute approximate surface area is 152 Å². The number of fused-ring (bicyclic) bond motifs is 1. The molecule has 1 aromatic carbocycles. The van der Waals surface area contributed by atoms with E-state index in [9.17, 15) is 4.79 Å². The number of hydrogen-bond acceptors (Lipinski definition) is 4. The van der Waals surface area contributed by atoms with E-state index in [0.717, 1.165) is 42.8 Å². The highest BCUT2D eigenvalue weighted by molar-refractivity contribution is 5.91. The molecule has 3 aromatic rings. The lowest BCUT2D eigenvalue weighted by Crippen LogP contribution is -2.40. The van der Waals surface area contributed by atoms with Gasteiger partial charge >= 0.3 is 0 Å². The number of aromatic amines is 1. The zero-order chi connectivity index (χ0) is 18.1. The highest BCUT2D eigenvalue weighted by atomic mass is 16.2. The molecule has 0 saturated carbocycles. The number of amides is 1. The number of para-hydroxylation sites is 1. The van der Waals surface area contributed by atoms with Crippen molar-refractivity contribution in [1.29, 1.82) is 0 Å². The zero-order valence-electron chi connectivity index (χ0n) is 15.2. The smallest absolute Gasteiger partial charge is 0.239 e. The minimum atomic E-state index is -0.0233. The van der Waals surface area contributed by atoms with Gasteiger partial charge in [0, 0.05) is 31.8 Å². The number of nitrogens with zero attached hydrogens (tertiary/aromatic N) is 4. The van der Waals surface area contributed by atoms with Crippen LogP contribution in [0, 0.1) is 6.92 Å². The summed E-state index contributed by atoms with van der Waals surface area (Å²) in [5, 5.41) is 7.05. The maximum Gasteiger partial charge on any atom is 0.239 e. The highest BCUT2D eigenvalue weighted by Gasteiger charge is 2.25. The number of imidazole rings is 1. The Morgan fingerprint density at radius 3 is 3.04 bits per heavy atom. The Morgan fingerprint density at radius 2 is 2.27 bits per heavy atom. The molecule has 26 heavy (non-hydrogen) atoms. The number of piperidine rings is 1. The molecule has 1 fully saturated rings. The third kappa shape index (κ3) is 3.48. The number of H-pyrrole nitrogens is 1. The van der Waals surface area contributed by atoms with E-state index < -0.39 is 0 Å². The SMILES string of the molecule is Cc1cccc2[nH]c([C@H]3CCCN(CC(=O)Nc4ccn(C)n4)C3)nc12. The van der Waals surface area contributed by atoms with Gasteiger partial charge in [0.05, 0.1) is 17.6 Å². The summed E-state index contributed by atoms with van der Waals surface area (Å²) < 4.78 is 1.68. The first-order valence-electron chi connectivity index (χ1n) is 9.05. The quantitative estimate of drug-likeness (QED) is 0.756. The summed E-state index contributed by atoms with van der Waals surface area (Å²) in [4.78, 5) is 22.8. The maximum absolute atomic E-state index is 12.3. The molecule has 4 rings (SSSR count). The molecule has 1 saturated heterocycles. The summed E-state index contributed by atoms with van der Waals surface area (Å²) in [6, 6.07) is 8.00. The van der Waals surface area contributed by atoms with Crippen molar-refractivity contribution in [2.75, 3.05) is 25.0 Å². The first-order chi connectivity index (χ1) is 12.6. The fourth-order valence-electron chi connectivity index (χ4n) is 3.68. The summed E-state index contributed by atoms with van der Waals surface area (Å²) in [7, 11) is 1.83. The Morgan fingerprint density at radius 1 is 1.38 bits per heavy atom. The van der Waals surface area contributed by atoms with Gasteiger partial charge in [0.25, 0.3) is 0 Å². The Balaban J connectivity index is 1.41. The number of carbonyl (C=O) groups excluding carboxylic acids is 1. The largest absolute Gasteiger partial charge is 0.342 e. The summed E-state index contributed by atoms with van der Waals surface area (Å²) >= 11 is 0. The van der Waals surface area contributed by atoms with Crippen LogP contribution in [0.15, 0.2) is 30.5 Å². The molecule has 0 radical (unpaired) electrons. The van der Waals surface area contributed by atoms with Crippen molar-refractivity contribution >= 4 is 22.8 Å². The normalized spacial score (nSPS) is 18.3. The standard InChI is InChI=1S/C19H24N6O/c1-13-5-3-7-15-18(13)22-19(20-15)14-6-4-9-25(11-14)12-17(26)21-16-8-10-24(2)23-16/h3,5,7-8,10,14H,4,6,9,11-12H2,1-2H3,(H,20,22)(H,21,23,26)/t14-/m0/s1. The maximum atomic E-state index is 12.3. The van der Waals surface area contributed by atoms with Gasteiger partial charge in [-0.2, -0.15) is 5.10 Å². The van der Waals surface area contributed by atoms with Crippen LogP contribution in [0.5, 0.6) is 0 Å². The van der Waals surface area contributed by atoms with Crippen LogP contribution in [-0.4, -0.2) is 50.2 Å². The lowest BCUT2D eigenvalue weighted by molar-refractivity contribution is -0.117. The number of benzene rings is 1. The van der Waals surface area contributed by atoms with Crippen LogP contribution in [0.3, 0.4) is 0 Å². The van der Waals surface area contributed by atoms with Gasteiger partial charge in [0.15, 0.2) is 5.82 Å². The molecule has 0 unspecified atom stereocenters. The van der Waals surface area contributed by atoms with Crippen LogP contribution in [0.1, 0.15) is 30.1 Å². The molecule has 7 nitrogen and oxygen atoms in total. The Kier molecular flexibility index (Phi) is 4.46. The van der Waals surface area contributed by atoms with Crippen molar-refractivity contribution in [2.24, 2.45) is 7.05 Å². The van der Waals surface area contributed by atoms with E-state index in [4.69, 9.17) is 4.98 Å². The first-order valence-corrected chi connectivity index (χ1v) is 9.05. The molecule has 2 aromatic heterocycles. The van der Waals surface area contributed by atoms with Gasteiger partial charge in [-0.3, -0.25) is 14.4 Å². The van der Waals surface area contributed by atoms with Crippen molar-refractivity contribution < 1.29 is 4.79 Å². The number of aromatic nitrogens is 4. The summed E-state index contributed by atoms with van der Waals surface area (Å²) in [6.45, 7) is 4.24. The third-order valence-electron chi connectivity index (χ3n) is 4.97. The van der Waals surface area contributed by atoms with E-state index in [1.165, 1.54) is 5.56 Å². The third-order valence-corrected chi connectivity index (χ3v) is 4.97. The second-order valence-corrected chi connectivity index (χ2v) is 7.09. The number of hydrogen-bond donors (Lipinski definition) is 2. The van der Waals surface area contributed by atoms with Crippen molar-refractivity contribution in [3.05, 3.63) is 41.9 Å². The lowest BCUT2D eigenvalue weighted by atomic mass is 9.97. The average molecular weight is 352 g/mol. The lowest BCUT2D eigenvalue weighted by Gasteiger charge is -2.31. The van der Waals surface area contributed by atoms with Gasteiger partial charge < -0.3 is 10.3 Å². The van der Waals surface area contributed by atoms with Gasteiger partial charge in [-0.05, 0) is 37.9 Å². The van der Waals surface area contributed by atoms with Gasteiger partial charge in [-0.25, -0.2) is 4.98 Å². The number of rotatable bonds is 4. The summed E-state index contributed by atoms with van der Waals surface area (Å²) in [6.07, 6.45) is 3.98. The predicted molar refractivity (Wildman–Crippen MR) is 101 cm³/mol. The fourth-order valence-corrected chi connectivity index (χ4v) is 3.68. The molecule has 1 amide bonds. The predicted octanol–water partition coefficient (Wildman–Crippen LogP) is 2.42. The van der Waals surface area contributed by atoms with E-state index >= 15 is 0 Å². The summed E-state index contributed by atoms with van der Waals surface area (Å²) in [5.74, 6) is 1.94. The van der Waals surface area contributed by atoms with Crippen LogP contribution in [0.4, 0.5) is 5.82 Å². The van der Waals surface area contributed by atoms with E-state index in [0.29, 0.717) is 18.3 Å². The van der Waals surface area contributed by atoms with Crippen molar-refractivity contribution in [2.45, 2.75) is 25.7 Å². The van der Waals surface area contributed by atoms with Gasteiger partial charge in [0.1, 0.15) is 5.82 Å². The molecule has 2 N–H and O–H groups in total. The molecule has 0 aliphatic carbocycles. The van der Waals surface area contributed by atoms with Crippen molar-refractivity contribution in [1.82, 2.24) is 24.6 Å². The minimum absolute atomic E-state index is 0.0233. The summed E-state index contributed by atoms with van der Waals surface area (Å²) in [5.41, 5.74) is 3.32. The van der Waals surface area contributed by atoms with Crippen LogP contribution in [-0.2, 0) is 11.8 Å². The van der Waals surface area contributed by atoms with E-state index in [1.54, 1.807) is 10.7 Å². The highest BCUT2D eigenvalue weighted by Crippen LogP contribution is 2.27. The second kappa shape index (κ2) is 6.92. The van der Waals surface area contributed by atoms with E-state index in [-0.39, 0.29) is 5.91 Å². The van der Waals surface area contributed by atoms with Crippen LogP contribution in [0.2, 0.25) is 0 Å². The van der Waals surface area contributed by atoms with Crippen LogP contribution < -0.4 is 5.32 Å². The van der Waals surface area contributed by atoms with Crippen molar-refractivity contribution in [3.63, 3.8) is 0 Å². The average Bonchev–Trinajstić information content (AvgIpc) is 3.22. The molecule has 0 spiro atoms. The number of carbonyl (C=O) groups is 1. The molecule has 7 heteroatoms. The molecule has 136 valence electrons. The van der Waals surface area contributed by atoms with Crippen molar-refractivity contribution in [3.8, 4) is 0 Å². The Bertz CT molecular complexity index is 927. The van der Waals surface area contributed by atoms with Gasteiger partial charge in [0.2, 0.25) is 5.91 Å². The van der Waals surface area contributed by atoms with E-state index in [1.807, 2.05) is 13.2 Å². The monoisotopic (exact) mass is 352 g/mol. The number of likely N-dealkylation sites (tertiary alicyclic amines) is 1. The molecular weight excluding hydrogens is 328 g/mol. The minimum Gasteiger partial charge on any atom is -0.342 e. The van der Waals surface area contributed by atoms with Gasteiger partial charge in [-0.1, -0.05) is 12.1 Å². The Hall–Kier alpha value is -2.67. The van der Waals surface area contributed by atoms with E-state index in [2.05, 4.69) is 45.4 Å². The molecule has 0 bridgehead atoms. The molecule has 3 heterocycles. The number of anilines is 1. The molecule has 1 aliphatic heterocycles. The second-order valence-electron chi connectivity index (χ2n) is 7.09. The number of aryl methyl sites for hydroxylation is 2. The van der Waals surface area contributed by atoms with Crippen LogP contribution >= 0.6 is 0 Å². The molecule has 1 aliphatic rings. The molecule has 1 atom stereocenters. The molecular formula is C19H24N6O. The first kappa shape index (κ1) is 16.8.